The van der Waals surface area contributed by atoms with E-state index in [1.807, 2.05) is 0 Å². The molecule has 2 aliphatic rings. The lowest BCUT2D eigenvalue weighted by molar-refractivity contribution is 0.150. The lowest BCUT2D eigenvalue weighted by Crippen LogP contribution is -2.50. The Labute approximate surface area is 110 Å². The lowest BCUT2D eigenvalue weighted by Gasteiger charge is -2.40. The van der Waals surface area contributed by atoms with Gasteiger partial charge in [0.25, 0.3) is 0 Å². The number of nitrogens with zero attached hydrogens (tertiary/aromatic N) is 1. The molecule has 2 saturated carbocycles. The molecule has 0 saturated heterocycles. The van der Waals surface area contributed by atoms with E-state index in [1.54, 1.807) is 0 Å². The second-order valence-electron chi connectivity index (χ2n) is 6.05. The molecule has 1 aromatic carbocycles. The molecule has 0 heterocycles. The van der Waals surface area contributed by atoms with Gasteiger partial charge >= 0.3 is 0 Å². The van der Waals surface area contributed by atoms with Gasteiger partial charge in [-0.2, -0.15) is 0 Å². The van der Waals surface area contributed by atoms with Crippen LogP contribution in [-0.4, -0.2) is 30.1 Å². The Kier molecular flexibility index (Phi) is 3.40. The van der Waals surface area contributed by atoms with Crippen molar-refractivity contribution in [2.75, 3.05) is 7.05 Å². The first-order valence-corrected chi connectivity index (χ1v) is 7.28. The largest absolute Gasteiger partial charge is 0.326 e. The Morgan fingerprint density at radius 2 is 1.78 bits per heavy atom. The summed E-state index contributed by atoms with van der Waals surface area (Å²) in [5.41, 5.74) is 7.84. The van der Waals surface area contributed by atoms with E-state index in [4.69, 9.17) is 5.73 Å². The van der Waals surface area contributed by atoms with E-state index < -0.39 is 0 Å². The zero-order valence-corrected chi connectivity index (χ0v) is 11.3. The summed E-state index contributed by atoms with van der Waals surface area (Å²) in [6, 6.07) is 12.7. The van der Waals surface area contributed by atoms with Gasteiger partial charge in [-0.3, -0.25) is 4.90 Å². The summed E-state index contributed by atoms with van der Waals surface area (Å²) in [6.45, 7) is 0. The molecule has 0 bridgehead atoms. The zero-order valence-electron chi connectivity index (χ0n) is 11.3. The van der Waals surface area contributed by atoms with E-state index in [2.05, 4.69) is 42.3 Å². The molecular weight excluding hydrogens is 220 g/mol. The topological polar surface area (TPSA) is 29.3 Å². The minimum Gasteiger partial charge on any atom is -0.326 e. The van der Waals surface area contributed by atoms with Gasteiger partial charge in [-0.15, -0.1) is 0 Å². The second-order valence-corrected chi connectivity index (χ2v) is 6.05. The van der Waals surface area contributed by atoms with Crippen LogP contribution in [0.25, 0.3) is 0 Å². The molecule has 98 valence electrons. The summed E-state index contributed by atoms with van der Waals surface area (Å²) in [5, 5.41) is 0. The monoisotopic (exact) mass is 244 g/mol. The number of hydrogen-bond donors (Lipinski definition) is 1. The van der Waals surface area contributed by atoms with Crippen molar-refractivity contribution in [1.82, 2.24) is 4.90 Å². The third-order valence-corrected chi connectivity index (χ3v) is 4.79. The highest BCUT2D eigenvalue weighted by Crippen LogP contribution is 2.37. The minimum absolute atomic E-state index is 0.371. The zero-order chi connectivity index (χ0) is 12.5. The van der Waals surface area contributed by atoms with Crippen LogP contribution in [0.5, 0.6) is 0 Å². The van der Waals surface area contributed by atoms with Crippen LogP contribution in [0.4, 0.5) is 0 Å². The van der Waals surface area contributed by atoms with Gasteiger partial charge in [0.05, 0.1) is 0 Å². The summed E-state index contributed by atoms with van der Waals surface area (Å²) in [4.78, 5) is 2.56. The van der Waals surface area contributed by atoms with Crippen molar-refractivity contribution < 1.29 is 0 Å². The van der Waals surface area contributed by atoms with Crippen LogP contribution in [0.15, 0.2) is 30.3 Å². The molecule has 0 aliphatic heterocycles. The number of benzene rings is 1. The average Bonchev–Trinajstić information content (AvgIpc) is 3.24. The molecular formula is C16H24N2. The maximum atomic E-state index is 6.34. The standard InChI is InChI=1S/C16H24N2/c1-18(14-8-9-14)16-11-13(7-10-15(16)17)12-5-3-2-4-6-12/h2-6,13-16H,7-11,17H2,1H3. The summed E-state index contributed by atoms with van der Waals surface area (Å²) in [6.07, 6.45) is 6.39. The first-order chi connectivity index (χ1) is 8.75. The van der Waals surface area contributed by atoms with Crippen molar-refractivity contribution in [3.63, 3.8) is 0 Å². The van der Waals surface area contributed by atoms with Gasteiger partial charge in [0.1, 0.15) is 0 Å². The van der Waals surface area contributed by atoms with Gasteiger partial charge < -0.3 is 5.73 Å². The highest BCUT2D eigenvalue weighted by Gasteiger charge is 2.37. The van der Waals surface area contributed by atoms with Crippen molar-refractivity contribution in [1.29, 1.82) is 0 Å². The third kappa shape index (κ3) is 2.45. The van der Waals surface area contributed by atoms with E-state index >= 15 is 0 Å². The number of nitrogens with two attached hydrogens (primary N) is 1. The lowest BCUT2D eigenvalue weighted by atomic mass is 9.78. The molecule has 0 amide bonds. The van der Waals surface area contributed by atoms with Crippen molar-refractivity contribution in [2.24, 2.45) is 5.73 Å². The summed E-state index contributed by atoms with van der Waals surface area (Å²) >= 11 is 0. The van der Waals surface area contributed by atoms with Gasteiger partial charge in [-0.05, 0) is 50.6 Å². The van der Waals surface area contributed by atoms with Crippen LogP contribution >= 0.6 is 0 Å². The van der Waals surface area contributed by atoms with Crippen LogP contribution in [0.2, 0.25) is 0 Å². The van der Waals surface area contributed by atoms with Gasteiger partial charge in [0, 0.05) is 18.1 Å². The van der Waals surface area contributed by atoms with Crippen LogP contribution in [-0.2, 0) is 0 Å². The average molecular weight is 244 g/mol. The maximum Gasteiger partial charge on any atom is 0.0252 e. The molecule has 3 rings (SSSR count). The summed E-state index contributed by atoms with van der Waals surface area (Å²) in [7, 11) is 2.27. The summed E-state index contributed by atoms with van der Waals surface area (Å²) < 4.78 is 0. The Hall–Kier alpha value is -0.860. The quantitative estimate of drug-likeness (QED) is 0.886. The molecule has 0 spiro atoms. The molecule has 1 aromatic rings. The van der Waals surface area contributed by atoms with Crippen molar-refractivity contribution >= 4 is 0 Å². The van der Waals surface area contributed by atoms with E-state index in [9.17, 15) is 0 Å². The Bertz CT molecular complexity index is 385. The van der Waals surface area contributed by atoms with Crippen LogP contribution in [0.1, 0.15) is 43.6 Å². The van der Waals surface area contributed by atoms with Crippen LogP contribution in [0.3, 0.4) is 0 Å². The van der Waals surface area contributed by atoms with Gasteiger partial charge in [-0.25, -0.2) is 0 Å². The SMILES string of the molecule is CN(C1CC1)C1CC(c2ccccc2)CCC1N. The Morgan fingerprint density at radius 3 is 2.44 bits per heavy atom. The Morgan fingerprint density at radius 1 is 1.06 bits per heavy atom. The maximum absolute atomic E-state index is 6.34. The summed E-state index contributed by atoms with van der Waals surface area (Å²) in [5.74, 6) is 0.706. The van der Waals surface area contributed by atoms with Gasteiger partial charge in [0.2, 0.25) is 0 Å². The predicted octanol–water partition coefficient (Wildman–Crippen LogP) is 2.74. The molecule has 2 fully saturated rings. The van der Waals surface area contributed by atoms with Crippen LogP contribution < -0.4 is 5.73 Å². The van der Waals surface area contributed by atoms with E-state index in [0.29, 0.717) is 18.0 Å². The molecule has 2 aliphatic carbocycles. The molecule has 2 nitrogen and oxygen atoms in total. The van der Waals surface area contributed by atoms with Crippen molar-refractivity contribution in [3.8, 4) is 0 Å². The normalized spacial score (nSPS) is 32.7. The van der Waals surface area contributed by atoms with E-state index in [1.165, 1.54) is 37.7 Å². The second kappa shape index (κ2) is 5.02. The highest BCUT2D eigenvalue weighted by atomic mass is 15.2. The first kappa shape index (κ1) is 12.2. The highest BCUT2D eigenvalue weighted by molar-refractivity contribution is 5.21. The van der Waals surface area contributed by atoms with Gasteiger partial charge in [-0.1, -0.05) is 30.3 Å². The number of rotatable bonds is 3. The van der Waals surface area contributed by atoms with Crippen molar-refractivity contribution in [3.05, 3.63) is 35.9 Å². The van der Waals surface area contributed by atoms with E-state index in [0.717, 1.165) is 6.04 Å². The fourth-order valence-corrected chi connectivity index (χ4v) is 3.42. The molecule has 2 heteroatoms. The fourth-order valence-electron chi connectivity index (χ4n) is 3.42. The van der Waals surface area contributed by atoms with E-state index in [-0.39, 0.29) is 0 Å². The third-order valence-electron chi connectivity index (χ3n) is 4.79. The molecule has 0 radical (unpaired) electrons. The molecule has 18 heavy (non-hydrogen) atoms. The smallest absolute Gasteiger partial charge is 0.0252 e. The molecule has 3 atom stereocenters. The van der Waals surface area contributed by atoms with Crippen LogP contribution in [0, 0.1) is 0 Å². The first-order valence-electron chi connectivity index (χ1n) is 7.28. The fraction of sp³-hybridized carbons (Fsp3) is 0.625. The van der Waals surface area contributed by atoms with Gasteiger partial charge in [0.15, 0.2) is 0 Å². The molecule has 3 unspecified atom stereocenters. The number of likely N-dealkylation sites (N-methyl/N-ethyl adjacent to an activating group) is 1. The number of hydrogen-bond acceptors (Lipinski definition) is 2. The Balaban J connectivity index is 1.71. The predicted molar refractivity (Wildman–Crippen MR) is 75.6 cm³/mol. The molecule has 0 aromatic heterocycles. The molecule has 2 N–H and O–H groups in total. The van der Waals surface area contributed by atoms with Crippen molar-refractivity contribution in [2.45, 2.75) is 56.1 Å². The minimum atomic E-state index is 0.371.